The van der Waals surface area contributed by atoms with Gasteiger partial charge in [0.05, 0.1) is 37.0 Å². The van der Waals surface area contributed by atoms with E-state index in [-0.39, 0.29) is 18.5 Å². The number of aromatic nitrogens is 2. The molecule has 0 bridgehead atoms. The van der Waals surface area contributed by atoms with Crippen LogP contribution < -0.4 is 5.56 Å². The van der Waals surface area contributed by atoms with Crippen molar-refractivity contribution in [2.75, 3.05) is 7.11 Å². The van der Waals surface area contributed by atoms with Crippen LogP contribution in [-0.2, 0) is 22.5 Å². The van der Waals surface area contributed by atoms with Gasteiger partial charge >= 0.3 is 5.97 Å². The van der Waals surface area contributed by atoms with Gasteiger partial charge in [-0.15, -0.1) is 0 Å². The van der Waals surface area contributed by atoms with Crippen LogP contribution in [0.5, 0.6) is 0 Å². The largest absolute Gasteiger partial charge is 0.469 e. The SMILES string of the molecule is COC(=O)Cc1[nH]n(-c2ccc(F)cc2)c(=O)c1C(C)=NCc1ccccc1Cl. The number of aliphatic imine (C=N–C) groups is 1. The minimum Gasteiger partial charge on any atom is -0.469 e. The number of esters is 1. The van der Waals surface area contributed by atoms with Crippen LogP contribution in [-0.4, -0.2) is 28.6 Å². The number of hydrogen-bond donors (Lipinski definition) is 1. The zero-order valence-corrected chi connectivity index (χ0v) is 16.7. The van der Waals surface area contributed by atoms with E-state index in [1.165, 1.54) is 36.1 Å². The summed E-state index contributed by atoms with van der Waals surface area (Å²) >= 11 is 6.17. The third-order valence-corrected chi connectivity index (χ3v) is 4.77. The molecule has 0 saturated heterocycles. The highest BCUT2D eigenvalue weighted by atomic mass is 35.5. The molecule has 8 heteroatoms. The maximum Gasteiger partial charge on any atom is 0.311 e. The molecule has 6 nitrogen and oxygen atoms in total. The second-order valence-corrected chi connectivity index (χ2v) is 6.74. The van der Waals surface area contributed by atoms with E-state index in [0.29, 0.717) is 22.1 Å². The highest BCUT2D eigenvalue weighted by molar-refractivity contribution is 6.31. The Morgan fingerprint density at radius 2 is 1.90 bits per heavy atom. The molecule has 1 N–H and O–H groups in total. The van der Waals surface area contributed by atoms with Gasteiger partial charge in [-0.25, -0.2) is 9.07 Å². The molecule has 0 spiro atoms. The van der Waals surface area contributed by atoms with Crippen molar-refractivity contribution in [3.05, 3.63) is 86.5 Å². The number of hydrogen-bond acceptors (Lipinski definition) is 4. The Hall–Kier alpha value is -3.19. The summed E-state index contributed by atoms with van der Waals surface area (Å²) in [6.07, 6.45) is -0.131. The van der Waals surface area contributed by atoms with Crippen molar-refractivity contribution in [3.63, 3.8) is 0 Å². The fourth-order valence-electron chi connectivity index (χ4n) is 2.88. The van der Waals surface area contributed by atoms with Crippen LogP contribution in [0.25, 0.3) is 5.69 Å². The average Bonchev–Trinajstić information content (AvgIpc) is 3.03. The molecule has 0 radical (unpaired) electrons. The molecule has 0 aliphatic carbocycles. The van der Waals surface area contributed by atoms with Crippen LogP contribution in [0.3, 0.4) is 0 Å². The van der Waals surface area contributed by atoms with Gasteiger partial charge in [-0.3, -0.25) is 19.7 Å². The average molecular weight is 416 g/mol. The van der Waals surface area contributed by atoms with Gasteiger partial charge in [-0.2, -0.15) is 0 Å². The second kappa shape index (κ2) is 8.87. The van der Waals surface area contributed by atoms with Gasteiger partial charge < -0.3 is 4.74 Å². The molecule has 2 aromatic carbocycles. The molecule has 0 amide bonds. The van der Waals surface area contributed by atoms with E-state index in [1.54, 1.807) is 13.0 Å². The normalized spacial score (nSPS) is 11.5. The lowest BCUT2D eigenvalue weighted by Crippen LogP contribution is -2.20. The topological polar surface area (TPSA) is 76.5 Å². The van der Waals surface area contributed by atoms with Crippen LogP contribution in [0.1, 0.15) is 23.7 Å². The maximum absolute atomic E-state index is 13.2. The third kappa shape index (κ3) is 4.63. The molecule has 0 fully saturated rings. The van der Waals surface area contributed by atoms with Crippen molar-refractivity contribution < 1.29 is 13.9 Å². The number of benzene rings is 2. The molecule has 3 aromatic rings. The van der Waals surface area contributed by atoms with Crippen LogP contribution in [0.4, 0.5) is 4.39 Å². The molecular formula is C21H19ClFN3O3. The van der Waals surface area contributed by atoms with Crippen molar-refractivity contribution >= 4 is 23.3 Å². The van der Waals surface area contributed by atoms with Gasteiger partial charge in [0.2, 0.25) is 0 Å². The first-order chi connectivity index (χ1) is 13.9. The summed E-state index contributed by atoms with van der Waals surface area (Å²) in [5.41, 5.74) is 1.95. The van der Waals surface area contributed by atoms with E-state index in [0.717, 1.165) is 5.56 Å². The summed E-state index contributed by atoms with van der Waals surface area (Å²) in [6, 6.07) is 12.7. The standard InChI is InChI=1S/C21H19ClFN3O3/c1-13(24-12-14-5-3-4-6-17(14)22)20-18(11-19(27)29-2)25-26(21(20)28)16-9-7-15(23)8-10-16/h3-10,25H,11-12H2,1-2H3. The van der Waals surface area contributed by atoms with Crippen molar-refractivity contribution in [2.24, 2.45) is 4.99 Å². The molecular weight excluding hydrogens is 397 g/mol. The van der Waals surface area contributed by atoms with Crippen LogP contribution in [0, 0.1) is 5.82 Å². The number of ether oxygens (including phenoxy) is 1. The number of carbonyl (C=O) groups excluding carboxylic acids is 1. The van der Waals surface area contributed by atoms with E-state index in [9.17, 15) is 14.0 Å². The summed E-state index contributed by atoms with van der Waals surface area (Å²) in [5.74, 6) is -0.918. The lowest BCUT2D eigenvalue weighted by Gasteiger charge is -2.03. The number of nitrogens with zero attached hydrogens (tertiary/aromatic N) is 2. The van der Waals surface area contributed by atoms with E-state index in [1.807, 2.05) is 18.2 Å². The van der Waals surface area contributed by atoms with Crippen molar-refractivity contribution in [1.82, 2.24) is 9.78 Å². The van der Waals surface area contributed by atoms with Gasteiger partial charge in [0, 0.05) is 10.7 Å². The number of halogens is 2. The lowest BCUT2D eigenvalue weighted by molar-refractivity contribution is -0.139. The predicted molar refractivity (Wildman–Crippen MR) is 109 cm³/mol. The van der Waals surface area contributed by atoms with Gasteiger partial charge in [-0.05, 0) is 42.8 Å². The minimum absolute atomic E-state index is 0.131. The Morgan fingerprint density at radius 3 is 2.55 bits per heavy atom. The molecule has 0 unspecified atom stereocenters. The van der Waals surface area contributed by atoms with Gasteiger partial charge in [0.25, 0.3) is 5.56 Å². The molecule has 150 valence electrons. The van der Waals surface area contributed by atoms with Crippen LogP contribution >= 0.6 is 11.6 Å². The third-order valence-electron chi connectivity index (χ3n) is 4.41. The van der Waals surface area contributed by atoms with E-state index >= 15 is 0 Å². The molecule has 0 aliphatic heterocycles. The summed E-state index contributed by atoms with van der Waals surface area (Å²) in [4.78, 5) is 29.4. The van der Waals surface area contributed by atoms with Crippen LogP contribution in [0.15, 0.2) is 58.3 Å². The lowest BCUT2D eigenvalue weighted by atomic mass is 10.1. The minimum atomic E-state index is -0.502. The maximum atomic E-state index is 13.2. The molecule has 29 heavy (non-hydrogen) atoms. The smallest absolute Gasteiger partial charge is 0.311 e. The van der Waals surface area contributed by atoms with Gasteiger partial charge in [0.15, 0.2) is 0 Å². The van der Waals surface area contributed by atoms with Gasteiger partial charge in [-0.1, -0.05) is 29.8 Å². The summed E-state index contributed by atoms with van der Waals surface area (Å²) in [6.45, 7) is 1.97. The molecule has 0 saturated carbocycles. The van der Waals surface area contributed by atoms with Crippen molar-refractivity contribution in [3.8, 4) is 5.69 Å². The first-order valence-electron chi connectivity index (χ1n) is 8.82. The molecule has 0 atom stereocenters. The van der Waals surface area contributed by atoms with E-state index in [2.05, 4.69) is 10.1 Å². The Balaban J connectivity index is 2.04. The first-order valence-corrected chi connectivity index (χ1v) is 9.20. The fraction of sp³-hybridized carbons (Fsp3) is 0.190. The van der Waals surface area contributed by atoms with Crippen molar-refractivity contribution in [2.45, 2.75) is 19.9 Å². The monoisotopic (exact) mass is 415 g/mol. The molecule has 0 aliphatic rings. The number of nitrogens with one attached hydrogen (secondary N) is 1. The first kappa shape index (κ1) is 20.5. The van der Waals surface area contributed by atoms with Crippen molar-refractivity contribution in [1.29, 1.82) is 0 Å². The van der Waals surface area contributed by atoms with Gasteiger partial charge in [0.1, 0.15) is 5.82 Å². The zero-order chi connectivity index (χ0) is 21.0. The summed E-state index contributed by atoms with van der Waals surface area (Å²) in [7, 11) is 1.27. The highest BCUT2D eigenvalue weighted by Crippen LogP contribution is 2.17. The predicted octanol–water partition coefficient (Wildman–Crippen LogP) is 3.68. The fourth-order valence-corrected chi connectivity index (χ4v) is 3.08. The Labute approximate surface area is 171 Å². The number of carbonyl (C=O) groups is 1. The van der Waals surface area contributed by atoms with E-state index < -0.39 is 17.3 Å². The quantitative estimate of drug-likeness (QED) is 0.493. The highest BCUT2D eigenvalue weighted by Gasteiger charge is 2.20. The number of H-pyrrole nitrogens is 1. The Kier molecular flexibility index (Phi) is 6.29. The van der Waals surface area contributed by atoms with E-state index in [4.69, 9.17) is 16.3 Å². The molecule has 1 heterocycles. The summed E-state index contributed by atoms with van der Waals surface area (Å²) < 4.78 is 19.2. The molecule has 1 aromatic heterocycles. The second-order valence-electron chi connectivity index (χ2n) is 6.33. The van der Waals surface area contributed by atoms with Crippen LogP contribution in [0.2, 0.25) is 5.02 Å². The number of methoxy groups -OCH3 is 1. The Morgan fingerprint density at radius 1 is 1.21 bits per heavy atom. The zero-order valence-electron chi connectivity index (χ0n) is 15.9. The number of aromatic amines is 1. The molecule has 3 rings (SSSR count). The summed E-state index contributed by atoms with van der Waals surface area (Å²) in [5, 5.41) is 3.50. The Bertz CT molecular complexity index is 1120. The number of rotatable bonds is 6.